The smallest absolute Gasteiger partial charge is 0.243 e. The van der Waals surface area contributed by atoms with Crippen LogP contribution < -0.4 is 26.2 Å². The van der Waals surface area contributed by atoms with Gasteiger partial charge in [0, 0.05) is 38.6 Å². The molecule has 7 nitrogen and oxygen atoms in total. The molecule has 2 aromatic rings. The number of anilines is 2. The topological polar surface area (TPSA) is 62.9 Å². The molecule has 2 aromatic carbocycles. The van der Waals surface area contributed by atoms with Crippen molar-refractivity contribution in [2.75, 3.05) is 43.1 Å². The number of nitrogens with one attached hydrogen (secondary N) is 3. The maximum atomic E-state index is 15.1. The van der Waals surface area contributed by atoms with Crippen molar-refractivity contribution in [2.24, 2.45) is 0 Å². The maximum Gasteiger partial charge on any atom is 0.243 e. The van der Waals surface area contributed by atoms with Crippen LogP contribution in [0.3, 0.4) is 0 Å². The summed E-state index contributed by atoms with van der Waals surface area (Å²) in [5.74, 6) is -0.931. The number of nitrogens with zero attached hydrogens (tertiary/aromatic N) is 3. The molecule has 3 atom stereocenters. The Hall–Kier alpha value is -2.59. The van der Waals surface area contributed by atoms with Gasteiger partial charge in [-0.2, -0.15) is 0 Å². The lowest BCUT2D eigenvalue weighted by Gasteiger charge is -2.37. The summed E-state index contributed by atoms with van der Waals surface area (Å²) in [5, 5.41) is 1.31. The molecule has 9 heteroatoms. The fourth-order valence-electron chi connectivity index (χ4n) is 4.86. The number of hydrazine groups is 2. The van der Waals surface area contributed by atoms with E-state index in [9.17, 15) is 9.18 Å². The lowest BCUT2D eigenvalue weighted by molar-refractivity contribution is -0.121. The third kappa shape index (κ3) is 3.75. The molecule has 3 unspecified atom stereocenters. The normalized spacial score (nSPS) is 26.5. The van der Waals surface area contributed by atoms with Gasteiger partial charge in [0.1, 0.15) is 11.6 Å². The number of carbonyl (C=O) groups is 1. The van der Waals surface area contributed by atoms with Crippen LogP contribution in [0, 0.1) is 18.6 Å². The maximum absolute atomic E-state index is 15.1. The number of fused-ring (bicyclic) bond motifs is 1. The first-order valence-corrected chi connectivity index (χ1v) is 11.0. The van der Waals surface area contributed by atoms with E-state index in [1.165, 1.54) is 11.1 Å². The van der Waals surface area contributed by atoms with E-state index in [2.05, 4.69) is 33.1 Å². The molecule has 3 N–H and O–H groups in total. The van der Waals surface area contributed by atoms with Crippen molar-refractivity contribution in [2.45, 2.75) is 31.5 Å². The highest BCUT2D eigenvalue weighted by molar-refractivity contribution is 5.94. The zero-order valence-electron chi connectivity index (χ0n) is 18.2. The van der Waals surface area contributed by atoms with Crippen LogP contribution >= 0.6 is 0 Å². The molecule has 0 spiro atoms. The number of benzene rings is 2. The SMILES string of the molecule is Cc1cccc(F)c1N1NC2C(CC1=O)NNC2c1ccc(N2CCN(C)CC2)c(F)c1. The van der Waals surface area contributed by atoms with Gasteiger partial charge in [-0.05, 0) is 43.3 Å². The summed E-state index contributed by atoms with van der Waals surface area (Å²) in [4.78, 5) is 17.0. The van der Waals surface area contributed by atoms with E-state index in [0.29, 0.717) is 11.3 Å². The monoisotopic (exact) mass is 442 g/mol. The van der Waals surface area contributed by atoms with Crippen molar-refractivity contribution in [3.63, 3.8) is 0 Å². The van der Waals surface area contributed by atoms with Crippen molar-refractivity contribution in [3.8, 4) is 0 Å². The van der Waals surface area contributed by atoms with Crippen molar-refractivity contribution < 1.29 is 13.6 Å². The number of para-hydroxylation sites is 1. The largest absolute Gasteiger partial charge is 0.367 e. The summed E-state index contributed by atoms with van der Waals surface area (Å²) in [6.45, 7) is 5.17. The van der Waals surface area contributed by atoms with Gasteiger partial charge in [-0.1, -0.05) is 18.2 Å². The fraction of sp³-hybridized carbons (Fsp3) is 0.435. The number of piperazine rings is 1. The van der Waals surface area contributed by atoms with E-state index < -0.39 is 5.82 Å². The molecule has 3 saturated heterocycles. The molecule has 32 heavy (non-hydrogen) atoms. The first kappa shape index (κ1) is 21.3. The summed E-state index contributed by atoms with van der Waals surface area (Å²) in [5.41, 5.74) is 11.8. The van der Waals surface area contributed by atoms with E-state index in [4.69, 9.17) is 0 Å². The molecule has 3 heterocycles. The summed E-state index contributed by atoms with van der Waals surface area (Å²) < 4.78 is 29.6. The van der Waals surface area contributed by atoms with Gasteiger partial charge in [-0.15, -0.1) is 0 Å². The van der Waals surface area contributed by atoms with Crippen molar-refractivity contribution in [1.29, 1.82) is 0 Å². The predicted molar refractivity (Wildman–Crippen MR) is 119 cm³/mol. The Balaban J connectivity index is 1.38. The molecule has 0 aromatic heterocycles. The molecule has 0 bridgehead atoms. The van der Waals surface area contributed by atoms with E-state index in [-0.39, 0.29) is 42.0 Å². The lowest BCUT2D eigenvalue weighted by Crippen LogP contribution is -2.60. The van der Waals surface area contributed by atoms with Gasteiger partial charge >= 0.3 is 0 Å². The molecule has 170 valence electrons. The molecule has 1 amide bonds. The Morgan fingerprint density at radius 2 is 1.78 bits per heavy atom. The van der Waals surface area contributed by atoms with E-state index >= 15 is 4.39 Å². The average Bonchev–Trinajstić information content (AvgIpc) is 3.17. The third-order valence-electron chi connectivity index (χ3n) is 6.73. The Morgan fingerprint density at radius 3 is 2.50 bits per heavy atom. The minimum absolute atomic E-state index is 0.184. The molecule has 3 aliphatic rings. The van der Waals surface area contributed by atoms with E-state index in [1.54, 1.807) is 25.1 Å². The highest BCUT2D eigenvalue weighted by Crippen LogP contribution is 2.33. The first-order valence-electron chi connectivity index (χ1n) is 11.0. The van der Waals surface area contributed by atoms with E-state index in [0.717, 1.165) is 31.7 Å². The standard InChI is InChI=1S/C23H28F2N6O/c1-14-4-3-5-16(24)23(14)31-20(32)13-18-22(28-31)21(27-26-18)15-6-7-19(17(25)12-15)30-10-8-29(2)9-11-30/h3-7,12,18,21-22,26-28H,8-11,13H2,1-2H3. The second-order valence-corrected chi connectivity index (χ2v) is 8.87. The van der Waals surface area contributed by atoms with Gasteiger partial charge in [-0.25, -0.2) is 24.6 Å². The number of rotatable bonds is 3. The van der Waals surface area contributed by atoms with Gasteiger partial charge in [0.05, 0.1) is 23.5 Å². The number of aryl methyl sites for hydroxylation is 1. The van der Waals surface area contributed by atoms with Gasteiger partial charge in [0.2, 0.25) is 5.91 Å². The zero-order valence-corrected chi connectivity index (χ0v) is 18.2. The van der Waals surface area contributed by atoms with Crippen molar-refractivity contribution in [1.82, 2.24) is 21.2 Å². The first-order chi connectivity index (χ1) is 15.4. The minimum atomic E-state index is -0.456. The van der Waals surface area contributed by atoms with Crippen LogP contribution in [0.2, 0.25) is 0 Å². The van der Waals surface area contributed by atoms with Crippen molar-refractivity contribution in [3.05, 3.63) is 59.2 Å². The minimum Gasteiger partial charge on any atom is -0.367 e. The number of halogens is 2. The quantitative estimate of drug-likeness (QED) is 0.675. The van der Waals surface area contributed by atoms with Crippen LogP contribution in [-0.2, 0) is 4.79 Å². The van der Waals surface area contributed by atoms with Gasteiger partial charge < -0.3 is 9.80 Å². The molecular weight excluding hydrogens is 414 g/mol. The Kier molecular flexibility index (Phi) is 5.58. The zero-order chi connectivity index (χ0) is 22.4. The summed E-state index contributed by atoms with van der Waals surface area (Å²) in [7, 11) is 2.07. The van der Waals surface area contributed by atoms with Crippen LogP contribution in [0.1, 0.15) is 23.6 Å². The van der Waals surface area contributed by atoms with Crippen LogP contribution in [0.25, 0.3) is 0 Å². The molecule has 0 saturated carbocycles. The highest BCUT2D eigenvalue weighted by atomic mass is 19.1. The molecular formula is C23H28F2N6O. The fourth-order valence-corrected chi connectivity index (χ4v) is 4.86. The third-order valence-corrected chi connectivity index (χ3v) is 6.73. The van der Waals surface area contributed by atoms with Crippen LogP contribution in [0.15, 0.2) is 36.4 Å². The second-order valence-electron chi connectivity index (χ2n) is 8.87. The Morgan fingerprint density at radius 1 is 1.00 bits per heavy atom. The number of amides is 1. The average molecular weight is 443 g/mol. The number of carbonyl (C=O) groups excluding carboxylic acids is 1. The van der Waals surface area contributed by atoms with Crippen molar-refractivity contribution >= 4 is 17.3 Å². The highest BCUT2D eigenvalue weighted by Gasteiger charge is 2.44. The number of hydrogen-bond acceptors (Lipinski definition) is 6. The lowest BCUT2D eigenvalue weighted by atomic mass is 9.93. The van der Waals surface area contributed by atoms with Crippen LogP contribution in [0.4, 0.5) is 20.2 Å². The Labute approximate surface area is 186 Å². The summed E-state index contributed by atoms with van der Waals surface area (Å²) in [6, 6.07) is 9.35. The summed E-state index contributed by atoms with van der Waals surface area (Å²) in [6.07, 6.45) is 0.205. The van der Waals surface area contributed by atoms with Gasteiger partial charge in [0.25, 0.3) is 0 Å². The number of hydrogen-bond donors (Lipinski definition) is 3. The Bertz CT molecular complexity index is 1010. The second kappa shape index (κ2) is 8.40. The molecule has 0 aliphatic carbocycles. The molecule has 5 rings (SSSR count). The molecule has 0 radical (unpaired) electrons. The number of likely N-dealkylation sites (N-methyl/N-ethyl adjacent to an activating group) is 1. The van der Waals surface area contributed by atoms with Crippen LogP contribution in [-0.4, -0.2) is 56.1 Å². The van der Waals surface area contributed by atoms with E-state index in [1.807, 2.05) is 12.1 Å². The van der Waals surface area contributed by atoms with Gasteiger partial charge in [-0.3, -0.25) is 10.2 Å². The van der Waals surface area contributed by atoms with Gasteiger partial charge in [0.15, 0.2) is 0 Å². The van der Waals surface area contributed by atoms with Crippen LogP contribution in [0.5, 0.6) is 0 Å². The molecule has 3 fully saturated rings. The molecule has 3 aliphatic heterocycles. The predicted octanol–water partition coefficient (Wildman–Crippen LogP) is 1.85. The summed E-state index contributed by atoms with van der Waals surface area (Å²) >= 11 is 0.